The molecular weight excluding hydrogens is 306 g/mol. The van der Waals surface area contributed by atoms with Gasteiger partial charge < -0.3 is 0 Å². The van der Waals surface area contributed by atoms with Gasteiger partial charge in [0, 0.05) is 5.25 Å². The number of benzene rings is 2. The molecule has 0 spiro atoms. The van der Waals surface area contributed by atoms with Crippen molar-refractivity contribution in [2.24, 2.45) is 0 Å². The molecule has 0 radical (unpaired) electrons. The largest absolute Gasteiger partial charge is 0.214 e. The molecule has 4 nitrogen and oxygen atoms in total. The average Bonchev–Trinajstić information content (AvgIpc) is 2.96. The van der Waals surface area contributed by atoms with Crippen LogP contribution in [0.5, 0.6) is 0 Å². The molecule has 0 N–H and O–H groups in total. The molecule has 0 saturated heterocycles. The van der Waals surface area contributed by atoms with Crippen LogP contribution in [-0.2, 0) is 0 Å². The minimum atomic E-state index is -0.351. The minimum absolute atomic E-state index is 0.0268. The van der Waals surface area contributed by atoms with Crippen LogP contribution in [0, 0.1) is 11.6 Å². The Balaban J connectivity index is 1.84. The van der Waals surface area contributed by atoms with Crippen LogP contribution >= 0.6 is 11.8 Å². The van der Waals surface area contributed by atoms with E-state index in [-0.39, 0.29) is 16.9 Å². The first-order chi connectivity index (χ1) is 10.6. The van der Waals surface area contributed by atoms with Gasteiger partial charge in [-0.2, -0.15) is 4.68 Å². The number of thioether (sulfide) groups is 1. The average molecular weight is 318 g/mol. The van der Waals surface area contributed by atoms with Gasteiger partial charge in [-0.15, -0.1) is 5.10 Å². The van der Waals surface area contributed by atoms with E-state index in [1.807, 2.05) is 6.92 Å². The number of nitrogens with zero attached hydrogens (tertiary/aromatic N) is 4. The molecule has 3 rings (SSSR count). The fourth-order valence-corrected chi connectivity index (χ4v) is 2.92. The maximum atomic E-state index is 13.3. The van der Waals surface area contributed by atoms with Gasteiger partial charge >= 0.3 is 0 Å². The molecule has 0 aliphatic rings. The monoisotopic (exact) mass is 318 g/mol. The maximum absolute atomic E-state index is 13.3. The second-order valence-electron chi connectivity index (χ2n) is 4.66. The van der Waals surface area contributed by atoms with Crippen LogP contribution in [0.4, 0.5) is 8.78 Å². The Morgan fingerprint density at radius 2 is 1.82 bits per heavy atom. The van der Waals surface area contributed by atoms with Crippen LogP contribution < -0.4 is 0 Å². The number of halogens is 2. The highest BCUT2D eigenvalue weighted by Crippen LogP contribution is 2.34. The van der Waals surface area contributed by atoms with E-state index in [1.54, 1.807) is 24.3 Å². The molecule has 0 aliphatic heterocycles. The van der Waals surface area contributed by atoms with Crippen LogP contribution in [0.2, 0.25) is 0 Å². The molecule has 1 aromatic heterocycles. The highest BCUT2D eigenvalue weighted by Gasteiger charge is 2.15. The van der Waals surface area contributed by atoms with Crippen LogP contribution in [0.25, 0.3) is 5.69 Å². The number of aromatic nitrogens is 4. The summed E-state index contributed by atoms with van der Waals surface area (Å²) in [6.45, 7) is 1.97. The molecule has 2 aromatic carbocycles. The Morgan fingerprint density at radius 1 is 1.05 bits per heavy atom. The van der Waals surface area contributed by atoms with Gasteiger partial charge in [0.25, 0.3) is 0 Å². The quantitative estimate of drug-likeness (QED) is 0.686. The number of hydrogen-bond donors (Lipinski definition) is 0. The van der Waals surface area contributed by atoms with E-state index in [9.17, 15) is 8.78 Å². The van der Waals surface area contributed by atoms with Crippen molar-refractivity contribution in [3.63, 3.8) is 0 Å². The number of hydrogen-bond acceptors (Lipinski definition) is 4. The summed E-state index contributed by atoms with van der Waals surface area (Å²) in [6.07, 6.45) is 0. The first-order valence-corrected chi connectivity index (χ1v) is 7.48. The predicted molar refractivity (Wildman–Crippen MR) is 79.8 cm³/mol. The molecule has 7 heteroatoms. The topological polar surface area (TPSA) is 43.6 Å². The van der Waals surface area contributed by atoms with E-state index < -0.39 is 0 Å². The van der Waals surface area contributed by atoms with E-state index in [1.165, 1.54) is 40.7 Å². The van der Waals surface area contributed by atoms with Gasteiger partial charge in [0.1, 0.15) is 11.6 Å². The summed E-state index contributed by atoms with van der Waals surface area (Å²) >= 11 is 1.42. The van der Waals surface area contributed by atoms with E-state index in [0.29, 0.717) is 10.8 Å². The van der Waals surface area contributed by atoms with Gasteiger partial charge in [-0.05, 0) is 53.2 Å². The molecule has 0 bridgehead atoms. The molecular formula is C15H12F2N4S. The number of rotatable bonds is 4. The summed E-state index contributed by atoms with van der Waals surface area (Å²) in [5.74, 6) is -0.624. The van der Waals surface area contributed by atoms with Crippen molar-refractivity contribution in [3.8, 4) is 5.69 Å². The van der Waals surface area contributed by atoms with Crippen molar-refractivity contribution < 1.29 is 8.78 Å². The normalized spacial score (nSPS) is 12.3. The van der Waals surface area contributed by atoms with Crippen molar-refractivity contribution in [3.05, 3.63) is 65.7 Å². The molecule has 0 unspecified atom stereocenters. The molecule has 112 valence electrons. The zero-order valence-electron chi connectivity index (χ0n) is 11.6. The van der Waals surface area contributed by atoms with Crippen molar-refractivity contribution in [1.29, 1.82) is 0 Å². The molecule has 22 heavy (non-hydrogen) atoms. The molecule has 0 saturated carbocycles. The Bertz CT molecular complexity index is 773. The maximum Gasteiger partial charge on any atom is 0.214 e. The van der Waals surface area contributed by atoms with Crippen molar-refractivity contribution in [1.82, 2.24) is 20.2 Å². The lowest BCUT2D eigenvalue weighted by molar-refractivity contribution is 0.623. The number of tetrazole rings is 1. The lowest BCUT2D eigenvalue weighted by Gasteiger charge is -2.11. The Hall–Kier alpha value is -2.28. The standard InChI is InChI=1S/C15H12F2N4S/c1-10(11-5-7-12(16)8-6-11)22-15-18-19-20-21(15)14-4-2-3-13(17)9-14/h2-10H,1H3/t10-/m1/s1. The fourth-order valence-electron chi connectivity index (χ4n) is 1.98. The van der Waals surface area contributed by atoms with Gasteiger partial charge in [-0.25, -0.2) is 8.78 Å². The third kappa shape index (κ3) is 3.14. The van der Waals surface area contributed by atoms with Gasteiger partial charge in [0.05, 0.1) is 5.69 Å². The van der Waals surface area contributed by atoms with E-state index in [4.69, 9.17) is 0 Å². The first kappa shape index (κ1) is 14.6. The summed E-state index contributed by atoms with van der Waals surface area (Å²) in [4.78, 5) is 0. The first-order valence-electron chi connectivity index (χ1n) is 6.60. The molecule has 3 aromatic rings. The summed E-state index contributed by atoms with van der Waals surface area (Å²) < 4.78 is 27.8. The predicted octanol–water partition coefficient (Wildman–Crippen LogP) is 3.79. The van der Waals surface area contributed by atoms with Crippen molar-refractivity contribution in [2.45, 2.75) is 17.3 Å². The van der Waals surface area contributed by atoms with Gasteiger partial charge in [-0.3, -0.25) is 0 Å². The second kappa shape index (κ2) is 6.23. The van der Waals surface area contributed by atoms with Gasteiger partial charge in [0.2, 0.25) is 5.16 Å². The summed E-state index contributed by atoms with van der Waals surface area (Å²) in [6, 6.07) is 12.3. The molecule has 0 aliphatic carbocycles. The van der Waals surface area contributed by atoms with Crippen LogP contribution in [0.15, 0.2) is 53.7 Å². The lowest BCUT2D eigenvalue weighted by atomic mass is 10.2. The van der Waals surface area contributed by atoms with Gasteiger partial charge in [-0.1, -0.05) is 30.0 Å². The van der Waals surface area contributed by atoms with E-state index >= 15 is 0 Å². The van der Waals surface area contributed by atoms with Crippen molar-refractivity contribution >= 4 is 11.8 Å². The minimum Gasteiger partial charge on any atom is -0.207 e. The molecule has 0 amide bonds. The summed E-state index contributed by atoms with van der Waals surface area (Å²) in [5, 5.41) is 12.1. The Morgan fingerprint density at radius 3 is 2.55 bits per heavy atom. The lowest BCUT2D eigenvalue weighted by Crippen LogP contribution is -2.00. The summed E-state index contributed by atoms with van der Waals surface area (Å²) in [7, 11) is 0. The summed E-state index contributed by atoms with van der Waals surface area (Å²) in [5.41, 5.74) is 1.51. The van der Waals surface area contributed by atoms with Crippen LogP contribution in [-0.4, -0.2) is 20.2 Å². The fraction of sp³-hybridized carbons (Fsp3) is 0.133. The Labute approximate surface area is 130 Å². The van der Waals surface area contributed by atoms with Crippen molar-refractivity contribution in [2.75, 3.05) is 0 Å². The van der Waals surface area contributed by atoms with E-state index in [2.05, 4.69) is 15.5 Å². The molecule has 0 fully saturated rings. The third-order valence-corrected chi connectivity index (χ3v) is 4.21. The molecule has 1 atom stereocenters. The van der Waals surface area contributed by atoms with E-state index in [0.717, 1.165) is 5.56 Å². The van der Waals surface area contributed by atoms with Crippen LogP contribution in [0.1, 0.15) is 17.7 Å². The van der Waals surface area contributed by atoms with Gasteiger partial charge in [0.15, 0.2) is 0 Å². The van der Waals surface area contributed by atoms with Crippen LogP contribution in [0.3, 0.4) is 0 Å². The SMILES string of the molecule is C[C@@H](Sc1nnnn1-c1cccc(F)c1)c1ccc(F)cc1. The third-order valence-electron chi connectivity index (χ3n) is 3.12. The molecule has 1 heterocycles. The smallest absolute Gasteiger partial charge is 0.207 e. The Kier molecular flexibility index (Phi) is 4.15. The zero-order valence-corrected chi connectivity index (χ0v) is 12.5. The second-order valence-corrected chi connectivity index (χ2v) is 5.97. The highest BCUT2D eigenvalue weighted by atomic mass is 32.2. The zero-order chi connectivity index (χ0) is 15.5. The highest BCUT2D eigenvalue weighted by molar-refractivity contribution is 7.99.